The third-order valence-corrected chi connectivity index (χ3v) is 4.92. The predicted octanol–water partition coefficient (Wildman–Crippen LogP) is 5.44. The summed E-state index contributed by atoms with van der Waals surface area (Å²) in [6, 6.07) is 20.9. The van der Waals surface area contributed by atoms with Gasteiger partial charge in [0, 0.05) is 52.7 Å². The lowest BCUT2D eigenvalue weighted by atomic mass is 10.1. The zero-order valence-electron chi connectivity index (χ0n) is 15.2. The first-order chi connectivity index (χ1) is 13.7. The zero-order valence-corrected chi connectivity index (χ0v) is 15.2. The van der Waals surface area contributed by atoms with Gasteiger partial charge >= 0.3 is 0 Å². The molecular weight excluding hydrogens is 351 g/mol. The molecule has 0 aliphatic rings. The summed E-state index contributed by atoms with van der Waals surface area (Å²) in [4.78, 5) is 7.47. The van der Waals surface area contributed by atoms with Crippen LogP contribution in [0.1, 0.15) is 0 Å². The van der Waals surface area contributed by atoms with E-state index in [1.54, 1.807) is 18.3 Å². The second-order valence-electron chi connectivity index (χ2n) is 6.75. The molecule has 0 fully saturated rings. The van der Waals surface area contributed by atoms with Gasteiger partial charge in [-0.25, -0.2) is 4.39 Å². The molecule has 5 heteroatoms. The van der Waals surface area contributed by atoms with E-state index in [0.717, 1.165) is 39.1 Å². The Morgan fingerprint density at radius 3 is 2.64 bits per heavy atom. The summed E-state index contributed by atoms with van der Waals surface area (Å²) >= 11 is 0. The molecule has 0 saturated carbocycles. The van der Waals surface area contributed by atoms with Gasteiger partial charge in [0.1, 0.15) is 5.82 Å². The number of nitrogens with one attached hydrogen (secondary N) is 1. The smallest absolute Gasteiger partial charge is 0.132 e. The molecule has 0 aliphatic carbocycles. The minimum absolute atomic E-state index is 0.234. The van der Waals surface area contributed by atoms with Gasteiger partial charge in [-0.05, 0) is 48.5 Å². The standard InChI is InChI=1S/C23H17FN4/c1-28-23(13-21(27-28)16-5-4-10-25-14-16)15-8-9-20-17(11-15)12-22(26-20)18-6-2-3-7-19(18)24/h2-14,26H,1H3. The van der Waals surface area contributed by atoms with Crippen LogP contribution in [0.3, 0.4) is 0 Å². The van der Waals surface area contributed by atoms with Crippen LogP contribution >= 0.6 is 0 Å². The normalized spacial score (nSPS) is 11.2. The molecule has 0 aliphatic heterocycles. The van der Waals surface area contributed by atoms with E-state index in [1.807, 2.05) is 54.3 Å². The maximum absolute atomic E-state index is 14.1. The zero-order chi connectivity index (χ0) is 19.1. The summed E-state index contributed by atoms with van der Waals surface area (Å²) in [5.41, 5.74) is 6.23. The summed E-state index contributed by atoms with van der Waals surface area (Å²) < 4.78 is 16.0. The van der Waals surface area contributed by atoms with Crippen molar-refractivity contribution < 1.29 is 4.39 Å². The summed E-state index contributed by atoms with van der Waals surface area (Å²) in [6.45, 7) is 0. The van der Waals surface area contributed by atoms with Crippen LogP contribution < -0.4 is 0 Å². The van der Waals surface area contributed by atoms with Crippen LogP contribution in [0.5, 0.6) is 0 Å². The van der Waals surface area contributed by atoms with Gasteiger partial charge in [0.2, 0.25) is 0 Å². The third kappa shape index (κ3) is 2.77. The molecule has 5 aromatic rings. The summed E-state index contributed by atoms with van der Waals surface area (Å²) in [5.74, 6) is -0.234. The van der Waals surface area contributed by atoms with Crippen LogP contribution in [0, 0.1) is 5.82 Å². The molecule has 0 bridgehead atoms. The Morgan fingerprint density at radius 1 is 0.929 bits per heavy atom. The molecule has 0 unspecified atom stereocenters. The van der Waals surface area contributed by atoms with Gasteiger partial charge in [-0.2, -0.15) is 5.10 Å². The minimum atomic E-state index is -0.234. The van der Waals surface area contributed by atoms with E-state index < -0.39 is 0 Å². The van der Waals surface area contributed by atoms with Crippen LogP contribution in [-0.2, 0) is 7.05 Å². The van der Waals surface area contributed by atoms with E-state index in [-0.39, 0.29) is 5.82 Å². The van der Waals surface area contributed by atoms with Gasteiger partial charge in [-0.3, -0.25) is 9.67 Å². The third-order valence-electron chi connectivity index (χ3n) is 4.92. The van der Waals surface area contributed by atoms with E-state index in [4.69, 9.17) is 0 Å². The monoisotopic (exact) mass is 368 g/mol. The molecule has 1 N–H and O–H groups in total. The molecular formula is C23H17FN4. The Hall–Kier alpha value is -3.73. The maximum atomic E-state index is 14.1. The van der Waals surface area contributed by atoms with E-state index in [2.05, 4.69) is 27.2 Å². The van der Waals surface area contributed by atoms with Crippen LogP contribution in [0.4, 0.5) is 4.39 Å². The number of pyridine rings is 1. The van der Waals surface area contributed by atoms with Crippen molar-refractivity contribution in [1.29, 1.82) is 0 Å². The summed E-state index contributed by atoms with van der Waals surface area (Å²) in [5, 5.41) is 5.65. The SMILES string of the molecule is Cn1nc(-c2cccnc2)cc1-c1ccc2[nH]c(-c3ccccc3F)cc2c1. The molecule has 0 radical (unpaired) electrons. The number of aromatic amines is 1. The molecule has 2 aromatic carbocycles. The van der Waals surface area contributed by atoms with Gasteiger partial charge in [-0.1, -0.05) is 18.2 Å². The van der Waals surface area contributed by atoms with E-state index in [9.17, 15) is 4.39 Å². The largest absolute Gasteiger partial charge is 0.354 e. The van der Waals surface area contributed by atoms with Crippen molar-refractivity contribution in [2.24, 2.45) is 7.05 Å². The average Bonchev–Trinajstić information content (AvgIpc) is 3.32. The fourth-order valence-corrected chi connectivity index (χ4v) is 3.51. The average molecular weight is 368 g/mol. The number of hydrogen-bond donors (Lipinski definition) is 1. The first-order valence-corrected chi connectivity index (χ1v) is 9.01. The molecule has 0 saturated heterocycles. The number of fused-ring (bicyclic) bond motifs is 1. The Bertz CT molecular complexity index is 1280. The number of rotatable bonds is 3. The Balaban J connectivity index is 1.57. The van der Waals surface area contributed by atoms with Gasteiger partial charge in [0.05, 0.1) is 11.4 Å². The molecule has 4 nitrogen and oxygen atoms in total. The van der Waals surface area contributed by atoms with Crippen LogP contribution in [0.25, 0.3) is 44.7 Å². The van der Waals surface area contributed by atoms with Crippen molar-refractivity contribution in [2.45, 2.75) is 0 Å². The number of aromatic nitrogens is 4. The molecule has 0 atom stereocenters. The van der Waals surface area contributed by atoms with Gasteiger partial charge in [0.25, 0.3) is 0 Å². The van der Waals surface area contributed by atoms with Crippen LogP contribution in [0.15, 0.2) is 79.1 Å². The molecule has 3 heterocycles. The van der Waals surface area contributed by atoms with E-state index >= 15 is 0 Å². The number of H-pyrrole nitrogens is 1. The number of nitrogens with zero attached hydrogens (tertiary/aromatic N) is 3. The molecule has 28 heavy (non-hydrogen) atoms. The molecule has 3 aromatic heterocycles. The van der Waals surface area contributed by atoms with E-state index in [0.29, 0.717) is 5.56 Å². The lowest BCUT2D eigenvalue weighted by Gasteiger charge is -2.01. The van der Waals surface area contributed by atoms with E-state index in [1.165, 1.54) is 6.07 Å². The highest BCUT2D eigenvalue weighted by molar-refractivity contribution is 5.89. The second kappa shape index (κ2) is 6.46. The Morgan fingerprint density at radius 2 is 1.82 bits per heavy atom. The van der Waals surface area contributed by atoms with Crippen LogP contribution in [0.2, 0.25) is 0 Å². The lowest BCUT2D eigenvalue weighted by molar-refractivity contribution is 0.631. The number of aryl methyl sites for hydroxylation is 1. The van der Waals surface area contributed by atoms with Gasteiger partial charge in [0.15, 0.2) is 0 Å². The highest BCUT2D eigenvalue weighted by Gasteiger charge is 2.12. The Kier molecular flexibility index (Phi) is 3.79. The number of benzene rings is 2. The molecule has 136 valence electrons. The Labute approximate surface area is 161 Å². The van der Waals surface area contributed by atoms with Crippen molar-refractivity contribution in [3.8, 4) is 33.8 Å². The van der Waals surface area contributed by atoms with Crippen molar-refractivity contribution in [3.63, 3.8) is 0 Å². The quantitative estimate of drug-likeness (QED) is 0.461. The van der Waals surface area contributed by atoms with Crippen molar-refractivity contribution in [3.05, 3.63) is 84.9 Å². The van der Waals surface area contributed by atoms with Crippen molar-refractivity contribution >= 4 is 10.9 Å². The number of halogens is 1. The highest BCUT2D eigenvalue weighted by Crippen LogP contribution is 2.31. The summed E-state index contributed by atoms with van der Waals surface area (Å²) in [6.07, 6.45) is 3.56. The maximum Gasteiger partial charge on any atom is 0.132 e. The predicted molar refractivity (Wildman–Crippen MR) is 109 cm³/mol. The lowest BCUT2D eigenvalue weighted by Crippen LogP contribution is -1.93. The molecule has 0 spiro atoms. The summed E-state index contributed by atoms with van der Waals surface area (Å²) in [7, 11) is 1.93. The minimum Gasteiger partial charge on any atom is -0.354 e. The van der Waals surface area contributed by atoms with Crippen LogP contribution in [-0.4, -0.2) is 19.7 Å². The fourth-order valence-electron chi connectivity index (χ4n) is 3.51. The molecule has 0 amide bonds. The molecule has 5 rings (SSSR count). The first kappa shape index (κ1) is 16.4. The van der Waals surface area contributed by atoms with Gasteiger partial charge < -0.3 is 4.98 Å². The highest BCUT2D eigenvalue weighted by atomic mass is 19.1. The fraction of sp³-hybridized carbons (Fsp3) is 0.0435. The topological polar surface area (TPSA) is 46.5 Å². The first-order valence-electron chi connectivity index (χ1n) is 9.01. The number of hydrogen-bond acceptors (Lipinski definition) is 2. The van der Waals surface area contributed by atoms with Crippen molar-refractivity contribution in [2.75, 3.05) is 0 Å². The van der Waals surface area contributed by atoms with Crippen molar-refractivity contribution in [1.82, 2.24) is 19.7 Å². The van der Waals surface area contributed by atoms with Gasteiger partial charge in [-0.15, -0.1) is 0 Å². The second-order valence-corrected chi connectivity index (χ2v) is 6.75.